The number of rotatable bonds is 6. The highest BCUT2D eigenvalue weighted by molar-refractivity contribution is 7.18. The number of fused-ring (bicyclic) bond motifs is 1. The number of hydrogen-bond acceptors (Lipinski definition) is 5. The van der Waals surface area contributed by atoms with Crippen LogP contribution in [-0.4, -0.2) is 20.6 Å². The van der Waals surface area contributed by atoms with Crippen LogP contribution in [0, 0.1) is 0 Å². The van der Waals surface area contributed by atoms with E-state index in [-0.39, 0.29) is 12.0 Å². The summed E-state index contributed by atoms with van der Waals surface area (Å²) in [4.78, 5) is 30.8. The van der Waals surface area contributed by atoms with Crippen LogP contribution in [0.4, 0.5) is 0 Å². The Morgan fingerprint density at radius 2 is 1.93 bits per heavy atom. The smallest absolute Gasteiger partial charge is 0.303 e. The maximum absolute atomic E-state index is 13.4. The second-order valence-corrected chi connectivity index (χ2v) is 7.87. The minimum absolute atomic E-state index is 0.0140. The Kier molecular flexibility index (Phi) is 4.87. The van der Waals surface area contributed by atoms with E-state index < -0.39 is 5.97 Å². The standard InChI is InChI=1S/C20H16N2O3S2/c23-16(24)9-4-10-22-18(13-6-2-1-3-7-13)21-19-17(20(22)25)14(12-27-19)15-8-5-11-26-15/h1-3,5-8,11-12H,4,9-10H2,(H,23,24). The Bertz CT molecular complexity index is 1150. The molecule has 3 heterocycles. The molecule has 4 aromatic rings. The van der Waals surface area contributed by atoms with E-state index >= 15 is 0 Å². The average molecular weight is 396 g/mol. The average Bonchev–Trinajstić information content (AvgIpc) is 3.33. The zero-order chi connectivity index (χ0) is 18.8. The summed E-state index contributed by atoms with van der Waals surface area (Å²) in [6, 6.07) is 13.5. The zero-order valence-electron chi connectivity index (χ0n) is 14.3. The quantitative estimate of drug-likeness (QED) is 0.512. The first-order valence-electron chi connectivity index (χ1n) is 8.48. The Morgan fingerprint density at radius 3 is 2.63 bits per heavy atom. The highest BCUT2D eigenvalue weighted by atomic mass is 32.1. The van der Waals surface area contributed by atoms with Crippen molar-refractivity contribution in [1.29, 1.82) is 0 Å². The fourth-order valence-corrected chi connectivity index (χ4v) is 4.79. The molecule has 0 unspecified atom stereocenters. The van der Waals surface area contributed by atoms with Crippen LogP contribution in [0.3, 0.4) is 0 Å². The van der Waals surface area contributed by atoms with Crippen molar-refractivity contribution in [3.05, 3.63) is 63.6 Å². The van der Waals surface area contributed by atoms with Crippen LogP contribution in [0.15, 0.2) is 58.0 Å². The summed E-state index contributed by atoms with van der Waals surface area (Å²) >= 11 is 3.05. The number of thiophene rings is 2. The number of carbonyl (C=O) groups is 1. The zero-order valence-corrected chi connectivity index (χ0v) is 15.9. The molecule has 0 aliphatic heterocycles. The largest absolute Gasteiger partial charge is 0.481 e. The third-order valence-electron chi connectivity index (χ3n) is 4.28. The van der Waals surface area contributed by atoms with Crippen LogP contribution < -0.4 is 5.56 Å². The monoisotopic (exact) mass is 396 g/mol. The molecule has 5 nitrogen and oxygen atoms in total. The van der Waals surface area contributed by atoms with Gasteiger partial charge in [0.1, 0.15) is 10.7 Å². The van der Waals surface area contributed by atoms with Crippen molar-refractivity contribution in [1.82, 2.24) is 9.55 Å². The van der Waals surface area contributed by atoms with Crippen molar-refractivity contribution in [3.63, 3.8) is 0 Å². The lowest BCUT2D eigenvalue weighted by atomic mass is 10.1. The molecule has 0 aliphatic carbocycles. The first kappa shape index (κ1) is 17.6. The lowest BCUT2D eigenvalue weighted by Crippen LogP contribution is -2.23. The second-order valence-electron chi connectivity index (χ2n) is 6.06. The number of aliphatic carboxylic acids is 1. The van der Waals surface area contributed by atoms with Crippen molar-refractivity contribution >= 4 is 38.9 Å². The van der Waals surface area contributed by atoms with Gasteiger partial charge in [-0.3, -0.25) is 14.2 Å². The lowest BCUT2D eigenvalue weighted by Gasteiger charge is -2.12. The van der Waals surface area contributed by atoms with Crippen molar-refractivity contribution in [2.24, 2.45) is 0 Å². The fourth-order valence-electron chi connectivity index (χ4n) is 3.04. The molecule has 0 aliphatic rings. The van der Waals surface area contributed by atoms with Crippen molar-refractivity contribution in [3.8, 4) is 21.8 Å². The molecule has 4 rings (SSSR count). The number of nitrogens with zero attached hydrogens (tertiary/aromatic N) is 2. The Labute approximate surface area is 163 Å². The summed E-state index contributed by atoms with van der Waals surface area (Å²) in [5.74, 6) is -0.286. The molecule has 1 aromatic carbocycles. The van der Waals surface area contributed by atoms with Crippen molar-refractivity contribution < 1.29 is 9.90 Å². The number of benzene rings is 1. The Morgan fingerprint density at radius 1 is 1.11 bits per heavy atom. The van der Waals surface area contributed by atoms with Gasteiger partial charge in [0, 0.05) is 34.3 Å². The normalized spacial score (nSPS) is 11.1. The number of hydrogen-bond donors (Lipinski definition) is 1. The maximum atomic E-state index is 13.4. The van der Waals surface area contributed by atoms with E-state index in [1.807, 2.05) is 53.2 Å². The highest BCUT2D eigenvalue weighted by Crippen LogP contribution is 2.34. The second kappa shape index (κ2) is 7.46. The Balaban J connectivity index is 1.91. The predicted octanol–water partition coefficient (Wildman–Crippen LogP) is 4.72. The molecule has 7 heteroatoms. The molecule has 136 valence electrons. The highest BCUT2D eigenvalue weighted by Gasteiger charge is 2.18. The van der Waals surface area contributed by atoms with E-state index in [0.29, 0.717) is 29.0 Å². The van der Waals surface area contributed by atoms with Crippen LogP contribution in [0.1, 0.15) is 12.8 Å². The van der Waals surface area contributed by atoms with E-state index in [1.165, 1.54) is 11.3 Å². The summed E-state index contributed by atoms with van der Waals surface area (Å²) in [5.41, 5.74) is 1.63. The van der Waals surface area contributed by atoms with Gasteiger partial charge in [-0.25, -0.2) is 4.98 Å². The molecule has 0 radical (unpaired) electrons. The molecular formula is C20H16N2O3S2. The van der Waals surface area contributed by atoms with Gasteiger partial charge >= 0.3 is 5.97 Å². The van der Waals surface area contributed by atoms with Crippen LogP contribution in [-0.2, 0) is 11.3 Å². The van der Waals surface area contributed by atoms with E-state index in [1.54, 1.807) is 15.9 Å². The summed E-state index contributed by atoms with van der Waals surface area (Å²) in [7, 11) is 0. The third-order valence-corrected chi connectivity index (χ3v) is 6.06. The number of carboxylic acids is 1. The molecule has 0 fully saturated rings. The molecule has 0 saturated carbocycles. The molecule has 0 saturated heterocycles. The minimum Gasteiger partial charge on any atom is -0.481 e. The first-order valence-corrected chi connectivity index (χ1v) is 10.2. The van der Waals surface area contributed by atoms with E-state index in [4.69, 9.17) is 10.1 Å². The first-order chi connectivity index (χ1) is 13.1. The van der Waals surface area contributed by atoms with Crippen LogP contribution in [0.5, 0.6) is 0 Å². The van der Waals surface area contributed by atoms with Gasteiger partial charge in [0.25, 0.3) is 5.56 Å². The van der Waals surface area contributed by atoms with E-state index in [9.17, 15) is 9.59 Å². The van der Waals surface area contributed by atoms with Crippen LogP contribution >= 0.6 is 22.7 Å². The molecule has 1 N–H and O–H groups in total. The van der Waals surface area contributed by atoms with Crippen molar-refractivity contribution in [2.75, 3.05) is 0 Å². The number of carboxylic acid groups (broad SMARTS) is 1. The van der Waals surface area contributed by atoms with E-state index in [0.717, 1.165) is 16.0 Å². The molecule has 0 bridgehead atoms. The summed E-state index contributed by atoms with van der Waals surface area (Å²) in [6.07, 6.45) is 0.390. The SMILES string of the molecule is O=C(O)CCCn1c(-c2ccccc2)nc2scc(-c3cccs3)c2c1=O. The van der Waals surface area contributed by atoms with Gasteiger partial charge in [-0.05, 0) is 17.9 Å². The maximum Gasteiger partial charge on any atom is 0.303 e. The van der Waals surface area contributed by atoms with Crippen molar-refractivity contribution in [2.45, 2.75) is 19.4 Å². The summed E-state index contributed by atoms with van der Waals surface area (Å²) in [6.45, 7) is 0.317. The third kappa shape index (κ3) is 3.43. The topological polar surface area (TPSA) is 72.2 Å². The van der Waals surface area contributed by atoms with Crippen LogP contribution in [0.25, 0.3) is 32.0 Å². The van der Waals surface area contributed by atoms with Crippen LogP contribution in [0.2, 0.25) is 0 Å². The Hall–Kier alpha value is -2.77. The van der Waals surface area contributed by atoms with Gasteiger partial charge in [-0.15, -0.1) is 22.7 Å². The molecule has 0 amide bonds. The van der Waals surface area contributed by atoms with Gasteiger partial charge in [-0.2, -0.15) is 0 Å². The van der Waals surface area contributed by atoms with Gasteiger partial charge in [-0.1, -0.05) is 36.4 Å². The predicted molar refractivity (Wildman–Crippen MR) is 109 cm³/mol. The molecule has 3 aromatic heterocycles. The number of aromatic nitrogens is 2. The van der Waals surface area contributed by atoms with E-state index in [2.05, 4.69) is 0 Å². The minimum atomic E-state index is -0.867. The lowest BCUT2D eigenvalue weighted by molar-refractivity contribution is -0.137. The van der Waals surface area contributed by atoms with Gasteiger partial charge < -0.3 is 5.11 Å². The molecular weight excluding hydrogens is 380 g/mol. The molecule has 27 heavy (non-hydrogen) atoms. The van der Waals surface area contributed by atoms with Gasteiger partial charge in [0.2, 0.25) is 0 Å². The molecule has 0 spiro atoms. The van der Waals surface area contributed by atoms with Gasteiger partial charge in [0.15, 0.2) is 0 Å². The fraction of sp³-hybridized carbons (Fsp3) is 0.150. The molecule has 0 atom stereocenters. The van der Waals surface area contributed by atoms with Gasteiger partial charge in [0.05, 0.1) is 5.39 Å². The summed E-state index contributed by atoms with van der Waals surface area (Å²) in [5, 5.41) is 13.5. The summed E-state index contributed by atoms with van der Waals surface area (Å²) < 4.78 is 1.62.